The third-order valence-electron chi connectivity index (χ3n) is 4.09. The van der Waals surface area contributed by atoms with Gasteiger partial charge in [0.15, 0.2) is 0 Å². The van der Waals surface area contributed by atoms with Crippen LogP contribution in [0.25, 0.3) is 11.6 Å². The van der Waals surface area contributed by atoms with Gasteiger partial charge in [0.2, 0.25) is 0 Å². The summed E-state index contributed by atoms with van der Waals surface area (Å²) < 4.78 is 7.81. The third-order valence-corrected chi connectivity index (χ3v) is 5.11. The van der Waals surface area contributed by atoms with Crippen LogP contribution in [0.3, 0.4) is 0 Å². The molecule has 0 amide bonds. The van der Waals surface area contributed by atoms with Crippen LogP contribution in [0.5, 0.6) is 5.75 Å². The highest BCUT2D eigenvalue weighted by molar-refractivity contribution is 9.10. The van der Waals surface area contributed by atoms with Crippen LogP contribution < -0.4 is 4.74 Å². The Morgan fingerprint density at radius 2 is 1.69 bits per heavy atom. The molecule has 3 aromatic rings. The van der Waals surface area contributed by atoms with Crippen LogP contribution in [0.4, 0.5) is 5.69 Å². The Morgan fingerprint density at radius 3 is 2.31 bits per heavy atom. The molecule has 0 saturated heterocycles. The van der Waals surface area contributed by atoms with Gasteiger partial charge in [-0.15, -0.1) is 0 Å². The Balaban J connectivity index is 1.89. The molecule has 3 rings (SSSR count). The third kappa shape index (κ3) is 5.53. The smallest absolute Gasteiger partial charge is 0.269 e. The summed E-state index contributed by atoms with van der Waals surface area (Å²) in [6.07, 6.45) is 1.71. The van der Waals surface area contributed by atoms with Gasteiger partial charge in [-0.3, -0.25) is 10.1 Å². The lowest BCUT2D eigenvalue weighted by Gasteiger charge is -2.11. The maximum absolute atomic E-state index is 10.8. The van der Waals surface area contributed by atoms with E-state index in [4.69, 9.17) is 4.74 Å². The first-order valence-electron chi connectivity index (χ1n) is 8.49. The van der Waals surface area contributed by atoms with Gasteiger partial charge in [0.05, 0.1) is 16.6 Å². The molecular weight excluding hydrogens is 500 g/mol. The zero-order chi connectivity index (χ0) is 20.8. The van der Waals surface area contributed by atoms with Gasteiger partial charge in [0.1, 0.15) is 12.4 Å². The quantitative estimate of drug-likeness (QED) is 0.158. The van der Waals surface area contributed by atoms with Crippen LogP contribution in [0.15, 0.2) is 75.7 Å². The molecule has 0 aliphatic heterocycles. The van der Waals surface area contributed by atoms with Crippen molar-refractivity contribution in [3.63, 3.8) is 0 Å². The Morgan fingerprint density at radius 1 is 1.03 bits per heavy atom. The monoisotopic (exact) mass is 512 g/mol. The number of halogens is 2. The molecule has 0 unspecified atom stereocenters. The lowest BCUT2D eigenvalue weighted by Crippen LogP contribution is -1.97. The molecule has 0 heterocycles. The van der Waals surface area contributed by atoms with Gasteiger partial charge in [-0.2, -0.15) is 5.26 Å². The van der Waals surface area contributed by atoms with E-state index >= 15 is 0 Å². The van der Waals surface area contributed by atoms with E-state index in [0.29, 0.717) is 23.5 Å². The topological polar surface area (TPSA) is 76.2 Å². The van der Waals surface area contributed by atoms with Crippen molar-refractivity contribution in [1.29, 1.82) is 5.26 Å². The van der Waals surface area contributed by atoms with E-state index in [1.54, 1.807) is 18.2 Å². The lowest BCUT2D eigenvalue weighted by molar-refractivity contribution is -0.384. The van der Waals surface area contributed by atoms with E-state index in [1.165, 1.54) is 12.1 Å². The Labute approximate surface area is 184 Å². The van der Waals surface area contributed by atoms with Crippen molar-refractivity contribution in [2.75, 3.05) is 0 Å². The van der Waals surface area contributed by atoms with E-state index in [2.05, 4.69) is 37.9 Å². The van der Waals surface area contributed by atoms with E-state index in [-0.39, 0.29) is 5.69 Å². The molecule has 5 nitrogen and oxygen atoms in total. The SMILES string of the molecule is N#C/C(=C/c1cc(Br)ccc1OCc1ccc(Br)cc1)c1ccc([N+](=O)[O-])cc1. The molecular formula is C22H14Br2N2O3. The van der Waals surface area contributed by atoms with Crippen molar-refractivity contribution in [3.8, 4) is 11.8 Å². The predicted octanol–water partition coefficient (Wildman–Crippen LogP) is 6.76. The Hall–Kier alpha value is -2.95. The molecule has 0 fully saturated rings. The highest BCUT2D eigenvalue weighted by Crippen LogP contribution is 2.29. The van der Waals surface area contributed by atoms with Crippen LogP contribution in [-0.4, -0.2) is 4.92 Å². The molecule has 0 saturated carbocycles. The zero-order valence-electron chi connectivity index (χ0n) is 15.0. The fourth-order valence-corrected chi connectivity index (χ4v) is 3.25. The summed E-state index contributed by atoms with van der Waals surface area (Å²) in [5.41, 5.74) is 2.70. The largest absolute Gasteiger partial charge is 0.488 e. The molecule has 0 N–H and O–H groups in total. The molecule has 0 aromatic heterocycles. The second-order valence-corrected chi connectivity index (χ2v) is 7.90. The molecule has 0 spiro atoms. The normalized spacial score (nSPS) is 11.0. The van der Waals surface area contributed by atoms with Crippen LogP contribution in [0.1, 0.15) is 16.7 Å². The minimum Gasteiger partial charge on any atom is -0.488 e. The second-order valence-electron chi connectivity index (χ2n) is 6.07. The van der Waals surface area contributed by atoms with Gasteiger partial charge in [-0.25, -0.2) is 0 Å². The lowest BCUT2D eigenvalue weighted by atomic mass is 10.0. The Bertz CT molecular complexity index is 1100. The molecule has 7 heteroatoms. The predicted molar refractivity (Wildman–Crippen MR) is 119 cm³/mol. The molecule has 3 aromatic carbocycles. The average Bonchev–Trinajstić information content (AvgIpc) is 2.72. The number of nitrogens with zero attached hydrogens (tertiary/aromatic N) is 2. The van der Waals surface area contributed by atoms with E-state index < -0.39 is 4.92 Å². The van der Waals surface area contributed by atoms with Gasteiger partial charge in [-0.05, 0) is 59.7 Å². The number of hydrogen-bond acceptors (Lipinski definition) is 4. The molecule has 144 valence electrons. The van der Waals surface area contributed by atoms with Crippen molar-refractivity contribution in [3.05, 3.63) is 102 Å². The highest BCUT2D eigenvalue weighted by Gasteiger charge is 2.09. The molecule has 0 aliphatic rings. The number of nitro groups is 1. The maximum atomic E-state index is 10.8. The molecule has 29 heavy (non-hydrogen) atoms. The summed E-state index contributed by atoms with van der Waals surface area (Å²) in [4.78, 5) is 10.4. The summed E-state index contributed by atoms with van der Waals surface area (Å²) in [5, 5.41) is 20.4. The number of nitriles is 1. The van der Waals surface area contributed by atoms with Gasteiger partial charge in [-0.1, -0.05) is 44.0 Å². The first-order valence-corrected chi connectivity index (χ1v) is 10.1. The van der Waals surface area contributed by atoms with Gasteiger partial charge in [0.25, 0.3) is 5.69 Å². The van der Waals surface area contributed by atoms with Crippen molar-refractivity contribution >= 4 is 49.2 Å². The minimum atomic E-state index is -0.470. The molecule has 0 bridgehead atoms. The van der Waals surface area contributed by atoms with Crippen LogP contribution in [0.2, 0.25) is 0 Å². The summed E-state index contributed by atoms with van der Waals surface area (Å²) >= 11 is 6.85. The van der Waals surface area contributed by atoms with Gasteiger partial charge >= 0.3 is 0 Å². The number of allylic oxidation sites excluding steroid dienone is 1. The minimum absolute atomic E-state index is 0.0213. The molecule has 0 atom stereocenters. The maximum Gasteiger partial charge on any atom is 0.269 e. The second kappa shape index (κ2) is 9.50. The van der Waals surface area contributed by atoms with Crippen molar-refractivity contribution < 1.29 is 9.66 Å². The molecule has 0 aliphatic carbocycles. The zero-order valence-corrected chi connectivity index (χ0v) is 18.2. The van der Waals surface area contributed by atoms with Gasteiger partial charge in [0, 0.05) is 26.6 Å². The molecule has 0 radical (unpaired) electrons. The fraction of sp³-hybridized carbons (Fsp3) is 0.0455. The number of hydrogen-bond donors (Lipinski definition) is 0. The number of ether oxygens (including phenoxy) is 1. The number of nitro benzene ring substituents is 1. The summed E-state index contributed by atoms with van der Waals surface area (Å²) in [7, 11) is 0. The van der Waals surface area contributed by atoms with Crippen LogP contribution >= 0.6 is 31.9 Å². The van der Waals surface area contributed by atoms with E-state index in [0.717, 1.165) is 20.1 Å². The van der Waals surface area contributed by atoms with Crippen LogP contribution in [0, 0.1) is 21.4 Å². The van der Waals surface area contributed by atoms with Crippen molar-refractivity contribution in [1.82, 2.24) is 0 Å². The van der Waals surface area contributed by atoms with E-state index in [9.17, 15) is 15.4 Å². The van der Waals surface area contributed by atoms with Crippen molar-refractivity contribution in [2.24, 2.45) is 0 Å². The van der Waals surface area contributed by atoms with E-state index in [1.807, 2.05) is 42.5 Å². The summed E-state index contributed by atoms with van der Waals surface area (Å²) in [6, 6.07) is 21.4. The highest BCUT2D eigenvalue weighted by atomic mass is 79.9. The summed E-state index contributed by atoms with van der Waals surface area (Å²) in [5.74, 6) is 0.630. The van der Waals surface area contributed by atoms with Crippen LogP contribution in [-0.2, 0) is 6.61 Å². The number of rotatable bonds is 6. The van der Waals surface area contributed by atoms with Crippen molar-refractivity contribution in [2.45, 2.75) is 6.61 Å². The first-order chi connectivity index (χ1) is 14.0. The Kier molecular flexibility index (Phi) is 6.81. The number of non-ortho nitro benzene ring substituents is 1. The average molecular weight is 514 g/mol. The standard InChI is InChI=1S/C22H14Br2N2O3/c23-19-5-1-15(2-6-19)14-29-22-10-7-20(24)12-17(22)11-18(13-25)16-3-8-21(9-4-16)26(27)28/h1-12H,14H2/b18-11-. The summed E-state index contributed by atoms with van der Waals surface area (Å²) in [6.45, 7) is 0.384. The first kappa shape index (κ1) is 20.8. The van der Waals surface area contributed by atoms with Gasteiger partial charge < -0.3 is 4.74 Å². The fourth-order valence-electron chi connectivity index (χ4n) is 2.60. The number of benzene rings is 3.